The maximum Gasteiger partial charge on any atom is 0.253 e. The zero-order valence-electron chi connectivity index (χ0n) is 17.8. The van der Waals surface area contributed by atoms with Crippen molar-refractivity contribution < 1.29 is 14.3 Å². The molecule has 1 spiro atoms. The molecule has 0 bridgehead atoms. The van der Waals surface area contributed by atoms with Crippen LogP contribution in [0.2, 0.25) is 0 Å². The molecule has 0 atom stereocenters. The Morgan fingerprint density at radius 1 is 1.26 bits per heavy atom. The lowest BCUT2D eigenvalue weighted by Gasteiger charge is -2.43. The molecule has 1 amide bonds. The topological polar surface area (TPSA) is 103 Å². The smallest absolute Gasteiger partial charge is 0.253 e. The van der Waals surface area contributed by atoms with Crippen molar-refractivity contribution in [2.45, 2.75) is 51.2 Å². The van der Waals surface area contributed by atoms with Crippen LogP contribution < -0.4 is 10.5 Å². The standard InChI is InChI=1S/C22H25N5O3S/c1-21(2,3)27-12-16-18(24-27)15(28)11-22(30-16)6-8-26(9-7-22)20(29)13-4-5-17-14(10-13)19(23)25-31-17/h4-5,10,12H,6-9,11H2,1-3H3,(H2,23,25). The third-order valence-electron chi connectivity index (χ3n) is 6.15. The van der Waals surface area contributed by atoms with Crippen LogP contribution in [-0.2, 0) is 5.54 Å². The van der Waals surface area contributed by atoms with Crippen LogP contribution in [0, 0.1) is 0 Å². The van der Waals surface area contributed by atoms with E-state index in [0.29, 0.717) is 55.2 Å². The van der Waals surface area contributed by atoms with Gasteiger partial charge in [-0.3, -0.25) is 14.3 Å². The number of carbonyl (C=O) groups is 2. The van der Waals surface area contributed by atoms with Crippen molar-refractivity contribution >= 4 is 39.1 Å². The Labute approximate surface area is 184 Å². The number of amides is 1. The summed E-state index contributed by atoms with van der Waals surface area (Å²) in [6.45, 7) is 7.17. The summed E-state index contributed by atoms with van der Waals surface area (Å²) in [6, 6.07) is 5.52. The van der Waals surface area contributed by atoms with Crippen LogP contribution in [0.25, 0.3) is 10.1 Å². The Morgan fingerprint density at radius 2 is 2.00 bits per heavy atom. The summed E-state index contributed by atoms with van der Waals surface area (Å²) in [7, 11) is 0. The zero-order chi connectivity index (χ0) is 22.0. The number of likely N-dealkylation sites (tertiary alicyclic amines) is 1. The van der Waals surface area contributed by atoms with Gasteiger partial charge >= 0.3 is 0 Å². The van der Waals surface area contributed by atoms with Gasteiger partial charge in [-0.25, -0.2) is 0 Å². The van der Waals surface area contributed by atoms with Crippen molar-refractivity contribution in [1.29, 1.82) is 0 Å². The summed E-state index contributed by atoms with van der Waals surface area (Å²) in [5.41, 5.74) is 6.13. The second-order valence-corrected chi connectivity index (χ2v) is 10.2. The Balaban J connectivity index is 1.32. The van der Waals surface area contributed by atoms with E-state index in [9.17, 15) is 9.59 Å². The minimum Gasteiger partial charge on any atom is -0.483 e. The van der Waals surface area contributed by atoms with Gasteiger partial charge in [0.25, 0.3) is 5.91 Å². The first-order valence-electron chi connectivity index (χ1n) is 10.4. The molecule has 5 rings (SSSR count). The van der Waals surface area contributed by atoms with Gasteiger partial charge in [-0.15, -0.1) is 0 Å². The Bertz CT molecular complexity index is 1200. The molecule has 0 unspecified atom stereocenters. The molecule has 1 aromatic carbocycles. The van der Waals surface area contributed by atoms with E-state index in [0.717, 1.165) is 10.1 Å². The number of ether oxygens (including phenoxy) is 1. The van der Waals surface area contributed by atoms with Crippen LogP contribution in [-0.4, -0.2) is 49.4 Å². The Morgan fingerprint density at radius 3 is 2.71 bits per heavy atom. The van der Waals surface area contributed by atoms with E-state index in [1.807, 2.05) is 50.1 Å². The predicted molar refractivity (Wildman–Crippen MR) is 119 cm³/mol. The number of nitrogens with two attached hydrogens (primary N) is 1. The predicted octanol–water partition coefficient (Wildman–Crippen LogP) is 3.47. The number of aromatic nitrogens is 3. The lowest BCUT2D eigenvalue weighted by atomic mass is 9.83. The molecule has 2 aliphatic rings. The van der Waals surface area contributed by atoms with Crippen molar-refractivity contribution in [2.24, 2.45) is 0 Å². The van der Waals surface area contributed by atoms with E-state index in [-0.39, 0.29) is 17.2 Å². The number of fused-ring (bicyclic) bond motifs is 2. The number of nitrogens with zero attached hydrogens (tertiary/aromatic N) is 4. The van der Waals surface area contributed by atoms with Crippen molar-refractivity contribution in [3.63, 3.8) is 0 Å². The largest absolute Gasteiger partial charge is 0.483 e. The van der Waals surface area contributed by atoms with E-state index in [1.165, 1.54) is 11.5 Å². The lowest BCUT2D eigenvalue weighted by Crippen LogP contribution is -2.52. The number of Topliss-reactive ketones (excluding diaryl/α,β-unsaturated/α-hetero) is 1. The number of ketones is 1. The molecule has 8 nitrogen and oxygen atoms in total. The van der Waals surface area contributed by atoms with E-state index in [4.69, 9.17) is 10.5 Å². The molecule has 0 radical (unpaired) electrons. The maximum absolute atomic E-state index is 13.1. The van der Waals surface area contributed by atoms with Gasteiger partial charge in [0.05, 0.1) is 22.9 Å². The van der Waals surface area contributed by atoms with Crippen LogP contribution in [0.5, 0.6) is 5.75 Å². The average Bonchev–Trinajstić information content (AvgIpc) is 3.32. The molecule has 2 aromatic heterocycles. The second-order valence-electron chi connectivity index (χ2n) is 9.41. The molecule has 9 heteroatoms. The van der Waals surface area contributed by atoms with Crippen molar-refractivity contribution in [1.82, 2.24) is 19.1 Å². The van der Waals surface area contributed by atoms with Gasteiger partial charge in [-0.2, -0.15) is 9.47 Å². The number of hydrogen-bond acceptors (Lipinski definition) is 7. The minimum absolute atomic E-state index is 0.00918. The summed E-state index contributed by atoms with van der Waals surface area (Å²) >= 11 is 1.33. The van der Waals surface area contributed by atoms with E-state index < -0.39 is 5.60 Å². The highest BCUT2D eigenvalue weighted by Crippen LogP contribution is 2.40. The number of carbonyl (C=O) groups excluding carboxylic acids is 2. The van der Waals surface area contributed by atoms with Crippen LogP contribution in [0.4, 0.5) is 5.82 Å². The van der Waals surface area contributed by atoms with E-state index in [2.05, 4.69) is 9.47 Å². The molecule has 1 saturated heterocycles. The molecule has 1 fully saturated rings. The molecule has 31 heavy (non-hydrogen) atoms. The van der Waals surface area contributed by atoms with Crippen molar-refractivity contribution in [3.8, 4) is 5.75 Å². The fourth-order valence-corrected chi connectivity index (χ4v) is 4.97. The molecular formula is C22H25N5O3S. The minimum atomic E-state index is -0.571. The quantitative estimate of drug-likeness (QED) is 0.623. The fourth-order valence-electron chi connectivity index (χ4n) is 4.28. The number of hydrogen-bond donors (Lipinski definition) is 1. The van der Waals surface area contributed by atoms with Gasteiger partial charge < -0.3 is 15.4 Å². The van der Waals surface area contributed by atoms with Crippen molar-refractivity contribution in [3.05, 3.63) is 35.7 Å². The maximum atomic E-state index is 13.1. The fraction of sp³-hybridized carbons (Fsp3) is 0.455. The van der Waals surface area contributed by atoms with Gasteiger partial charge in [0.2, 0.25) is 0 Å². The molecular weight excluding hydrogens is 414 g/mol. The van der Waals surface area contributed by atoms with Gasteiger partial charge in [-0.05, 0) is 50.5 Å². The van der Waals surface area contributed by atoms with Gasteiger partial charge in [0.1, 0.15) is 11.4 Å². The average molecular weight is 440 g/mol. The second kappa shape index (κ2) is 6.78. The normalized spacial score (nSPS) is 18.3. The summed E-state index contributed by atoms with van der Waals surface area (Å²) < 4.78 is 13.2. The number of benzene rings is 1. The third-order valence-corrected chi connectivity index (χ3v) is 6.99. The highest BCUT2D eigenvalue weighted by atomic mass is 32.1. The zero-order valence-corrected chi connectivity index (χ0v) is 18.7. The molecule has 0 aliphatic carbocycles. The van der Waals surface area contributed by atoms with Gasteiger partial charge in [0.15, 0.2) is 17.2 Å². The van der Waals surface area contributed by atoms with E-state index >= 15 is 0 Å². The molecule has 162 valence electrons. The first-order chi connectivity index (χ1) is 14.7. The molecule has 3 aromatic rings. The first-order valence-corrected chi connectivity index (χ1v) is 11.2. The highest BCUT2D eigenvalue weighted by Gasteiger charge is 2.45. The van der Waals surface area contributed by atoms with Crippen LogP contribution in [0.15, 0.2) is 24.4 Å². The highest BCUT2D eigenvalue weighted by molar-refractivity contribution is 7.13. The number of nitrogen functional groups attached to an aromatic ring is 1. The number of piperidine rings is 1. The molecule has 2 N–H and O–H groups in total. The SMILES string of the molecule is CC(C)(C)n1cc2c(n1)C(=O)CC1(CCN(C(=O)c3ccc4snc(N)c4c3)CC1)O2. The summed E-state index contributed by atoms with van der Waals surface area (Å²) in [5.74, 6) is 0.977. The van der Waals surface area contributed by atoms with Gasteiger partial charge in [-0.1, -0.05) is 0 Å². The molecule has 2 aliphatic heterocycles. The Hall–Kier alpha value is -2.94. The first kappa shape index (κ1) is 20.0. The van der Waals surface area contributed by atoms with Crippen LogP contribution >= 0.6 is 11.5 Å². The number of rotatable bonds is 1. The lowest BCUT2D eigenvalue weighted by molar-refractivity contribution is -0.00585. The van der Waals surface area contributed by atoms with Gasteiger partial charge in [0, 0.05) is 36.9 Å². The molecule has 4 heterocycles. The Kier molecular flexibility index (Phi) is 4.37. The number of anilines is 1. The third kappa shape index (κ3) is 3.37. The van der Waals surface area contributed by atoms with Crippen LogP contribution in [0.1, 0.15) is 60.9 Å². The summed E-state index contributed by atoms with van der Waals surface area (Å²) in [4.78, 5) is 27.7. The van der Waals surface area contributed by atoms with Crippen molar-refractivity contribution in [2.75, 3.05) is 18.8 Å². The monoisotopic (exact) mass is 439 g/mol. The summed E-state index contributed by atoms with van der Waals surface area (Å²) in [5, 5.41) is 5.27. The summed E-state index contributed by atoms with van der Waals surface area (Å²) in [6.07, 6.45) is 3.33. The molecule has 0 saturated carbocycles. The van der Waals surface area contributed by atoms with Crippen LogP contribution in [0.3, 0.4) is 0 Å². The van der Waals surface area contributed by atoms with E-state index in [1.54, 1.807) is 4.68 Å².